The van der Waals surface area contributed by atoms with Crippen LogP contribution in [0.3, 0.4) is 0 Å². The van der Waals surface area contributed by atoms with Crippen molar-refractivity contribution in [2.75, 3.05) is 18.1 Å². The van der Waals surface area contributed by atoms with E-state index >= 15 is 0 Å². The van der Waals surface area contributed by atoms with Gasteiger partial charge in [-0.15, -0.1) is 0 Å². The number of halogens is 1. The first-order chi connectivity index (χ1) is 7.86. The van der Waals surface area contributed by atoms with Crippen LogP contribution in [0.4, 0.5) is 5.69 Å². The third-order valence-electron chi connectivity index (χ3n) is 3.29. The molecule has 2 heterocycles. The van der Waals surface area contributed by atoms with Gasteiger partial charge in [-0.25, -0.2) is 0 Å². The monoisotopic (exact) mass is 326 g/mol. The van der Waals surface area contributed by atoms with E-state index in [-0.39, 0.29) is 0 Å². The van der Waals surface area contributed by atoms with Crippen LogP contribution in [0.15, 0.2) is 39.6 Å². The number of piperidine rings is 1. The number of fused-ring (bicyclic) bond motifs is 1. The van der Waals surface area contributed by atoms with Crippen molar-refractivity contribution >= 4 is 28.3 Å². The predicted octanol–water partition coefficient (Wildman–Crippen LogP) is 3.55. The smallest absolute Gasteiger partial charge is 0.0721 e. The number of hydrazine groups is 1. The summed E-state index contributed by atoms with van der Waals surface area (Å²) in [5, 5.41) is 4.89. The van der Waals surface area contributed by atoms with Crippen molar-refractivity contribution < 1.29 is 0 Å². The van der Waals surface area contributed by atoms with E-state index in [2.05, 4.69) is 62.9 Å². The Morgan fingerprint density at radius 3 is 2.62 bits per heavy atom. The third-order valence-corrected chi connectivity index (χ3v) is 4.26. The van der Waals surface area contributed by atoms with Gasteiger partial charge in [0.15, 0.2) is 0 Å². The zero-order valence-corrected chi connectivity index (χ0v) is 11.4. The third kappa shape index (κ3) is 1.71. The Labute approximate surface area is 110 Å². The second-order valence-corrected chi connectivity index (χ2v) is 5.63. The van der Waals surface area contributed by atoms with Crippen LogP contribution in [0.2, 0.25) is 0 Å². The molecule has 16 heavy (non-hydrogen) atoms. The molecule has 0 aromatic heterocycles. The maximum atomic E-state index is 2.50. The molecular formula is C13H15IN2. The standard InChI is InChI=1S/C13H15IN2/c14-12-10-16(11-6-2-1-3-7-11)15-9-5-4-8-13(12)15/h1-3,6-7H,4-5,8-10H2. The lowest BCUT2D eigenvalue weighted by molar-refractivity contribution is 0.294. The van der Waals surface area contributed by atoms with Gasteiger partial charge in [0.2, 0.25) is 0 Å². The molecule has 0 aliphatic carbocycles. The number of hydrogen-bond acceptors (Lipinski definition) is 2. The van der Waals surface area contributed by atoms with E-state index in [1.165, 1.54) is 35.1 Å². The summed E-state index contributed by atoms with van der Waals surface area (Å²) in [6.07, 6.45) is 3.92. The average molecular weight is 326 g/mol. The second kappa shape index (κ2) is 4.28. The Morgan fingerprint density at radius 1 is 1.00 bits per heavy atom. The van der Waals surface area contributed by atoms with E-state index in [1.54, 1.807) is 5.70 Å². The SMILES string of the molecule is IC1=C2CCCCN2N(c2ccccc2)C1. The van der Waals surface area contributed by atoms with Gasteiger partial charge in [-0.05, 0) is 54.0 Å². The molecule has 0 saturated carbocycles. The number of anilines is 1. The lowest BCUT2D eigenvalue weighted by Gasteiger charge is -2.36. The number of rotatable bonds is 1. The molecule has 0 radical (unpaired) electrons. The van der Waals surface area contributed by atoms with Gasteiger partial charge < -0.3 is 0 Å². The molecule has 84 valence electrons. The maximum Gasteiger partial charge on any atom is 0.0721 e. The predicted molar refractivity (Wildman–Crippen MR) is 75.4 cm³/mol. The molecule has 2 aliphatic heterocycles. The summed E-state index contributed by atoms with van der Waals surface area (Å²) in [4.78, 5) is 0. The highest BCUT2D eigenvalue weighted by molar-refractivity contribution is 14.1. The van der Waals surface area contributed by atoms with Crippen molar-refractivity contribution in [3.8, 4) is 0 Å². The Bertz CT molecular complexity index is 413. The summed E-state index contributed by atoms with van der Waals surface area (Å²) >= 11 is 2.50. The molecule has 0 spiro atoms. The molecule has 0 amide bonds. The molecule has 2 nitrogen and oxygen atoms in total. The van der Waals surface area contributed by atoms with E-state index in [1.807, 2.05) is 0 Å². The van der Waals surface area contributed by atoms with Crippen molar-refractivity contribution in [3.63, 3.8) is 0 Å². The first-order valence-electron chi connectivity index (χ1n) is 5.84. The van der Waals surface area contributed by atoms with Gasteiger partial charge in [0.25, 0.3) is 0 Å². The van der Waals surface area contributed by atoms with Crippen molar-refractivity contribution in [3.05, 3.63) is 39.6 Å². The second-order valence-electron chi connectivity index (χ2n) is 4.33. The van der Waals surface area contributed by atoms with E-state index < -0.39 is 0 Å². The fourth-order valence-corrected chi connectivity index (χ4v) is 3.37. The van der Waals surface area contributed by atoms with Crippen LogP contribution in [0.5, 0.6) is 0 Å². The molecule has 0 atom stereocenters. The van der Waals surface area contributed by atoms with Gasteiger partial charge in [-0.3, -0.25) is 10.0 Å². The van der Waals surface area contributed by atoms with E-state index in [4.69, 9.17) is 0 Å². The molecule has 0 unspecified atom stereocenters. The van der Waals surface area contributed by atoms with Gasteiger partial charge in [0.1, 0.15) is 0 Å². The van der Waals surface area contributed by atoms with E-state index in [0.717, 1.165) is 6.54 Å². The van der Waals surface area contributed by atoms with Crippen LogP contribution in [-0.4, -0.2) is 18.1 Å². The van der Waals surface area contributed by atoms with Crippen molar-refractivity contribution in [1.29, 1.82) is 0 Å². The van der Waals surface area contributed by atoms with E-state index in [9.17, 15) is 0 Å². The molecule has 1 aromatic rings. The van der Waals surface area contributed by atoms with Gasteiger partial charge >= 0.3 is 0 Å². The zero-order valence-electron chi connectivity index (χ0n) is 9.19. The minimum absolute atomic E-state index is 1.06. The molecular weight excluding hydrogens is 311 g/mol. The Hall–Kier alpha value is -0.710. The van der Waals surface area contributed by atoms with Crippen LogP contribution in [-0.2, 0) is 0 Å². The number of para-hydroxylation sites is 1. The summed E-state index contributed by atoms with van der Waals surface area (Å²) in [5.41, 5.74) is 2.87. The highest BCUT2D eigenvalue weighted by atomic mass is 127. The van der Waals surface area contributed by atoms with Crippen LogP contribution in [0.25, 0.3) is 0 Å². The highest BCUT2D eigenvalue weighted by Crippen LogP contribution is 2.36. The number of benzene rings is 1. The minimum atomic E-state index is 1.06. The minimum Gasteiger partial charge on any atom is -0.288 e. The van der Waals surface area contributed by atoms with Crippen LogP contribution >= 0.6 is 22.6 Å². The summed E-state index contributed by atoms with van der Waals surface area (Å²) < 4.78 is 1.51. The zero-order chi connectivity index (χ0) is 11.0. The molecule has 0 bridgehead atoms. The van der Waals surface area contributed by atoms with Gasteiger partial charge in [-0.2, -0.15) is 0 Å². The first-order valence-corrected chi connectivity index (χ1v) is 6.92. The van der Waals surface area contributed by atoms with Crippen molar-refractivity contribution in [2.24, 2.45) is 0 Å². The van der Waals surface area contributed by atoms with Gasteiger partial charge in [0.05, 0.1) is 12.2 Å². The molecule has 3 rings (SSSR count). The van der Waals surface area contributed by atoms with Crippen molar-refractivity contribution in [1.82, 2.24) is 5.01 Å². The lowest BCUT2D eigenvalue weighted by Crippen LogP contribution is -2.39. The average Bonchev–Trinajstić information content (AvgIpc) is 2.69. The maximum absolute atomic E-state index is 2.50. The van der Waals surface area contributed by atoms with Crippen molar-refractivity contribution in [2.45, 2.75) is 19.3 Å². The van der Waals surface area contributed by atoms with Gasteiger partial charge in [0, 0.05) is 15.8 Å². The van der Waals surface area contributed by atoms with E-state index in [0.29, 0.717) is 0 Å². The number of allylic oxidation sites excluding steroid dienone is 1. The fraction of sp³-hybridized carbons (Fsp3) is 0.385. The Kier molecular flexibility index (Phi) is 2.79. The summed E-state index contributed by atoms with van der Waals surface area (Å²) in [6, 6.07) is 10.7. The largest absolute Gasteiger partial charge is 0.288 e. The number of nitrogens with zero attached hydrogens (tertiary/aromatic N) is 2. The Balaban J connectivity index is 1.90. The molecule has 1 aromatic carbocycles. The molecule has 1 fully saturated rings. The molecule has 0 N–H and O–H groups in total. The number of hydrogen-bond donors (Lipinski definition) is 0. The molecule has 1 saturated heterocycles. The summed E-state index contributed by atoms with van der Waals surface area (Å²) in [7, 11) is 0. The lowest BCUT2D eigenvalue weighted by atomic mass is 10.1. The first kappa shape index (κ1) is 10.4. The van der Waals surface area contributed by atoms with Crippen LogP contribution < -0.4 is 5.01 Å². The molecule has 2 aliphatic rings. The van der Waals surface area contributed by atoms with Crippen LogP contribution in [0, 0.1) is 0 Å². The molecule has 3 heteroatoms. The summed E-state index contributed by atoms with van der Waals surface area (Å²) in [5.74, 6) is 0. The summed E-state index contributed by atoms with van der Waals surface area (Å²) in [6.45, 7) is 2.23. The Morgan fingerprint density at radius 2 is 1.81 bits per heavy atom. The van der Waals surface area contributed by atoms with Crippen LogP contribution in [0.1, 0.15) is 19.3 Å². The normalized spacial score (nSPS) is 20.3. The fourth-order valence-electron chi connectivity index (χ4n) is 2.50. The quantitative estimate of drug-likeness (QED) is 0.728. The van der Waals surface area contributed by atoms with Gasteiger partial charge in [-0.1, -0.05) is 18.2 Å². The topological polar surface area (TPSA) is 6.48 Å². The highest BCUT2D eigenvalue weighted by Gasteiger charge is 2.30.